The first-order valence-corrected chi connectivity index (χ1v) is 6.17. The van der Waals surface area contributed by atoms with Crippen molar-refractivity contribution in [3.05, 3.63) is 53.1 Å². The normalized spacial score (nSPS) is 12.6. The molecule has 0 saturated carbocycles. The molecule has 1 N–H and O–H groups in total. The van der Waals surface area contributed by atoms with Crippen LogP contribution >= 0.6 is 11.6 Å². The van der Waals surface area contributed by atoms with Gasteiger partial charge in [0.25, 0.3) is 0 Å². The van der Waals surface area contributed by atoms with Crippen LogP contribution in [-0.4, -0.2) is 15.8 Å². The summed E-state index contributed by atoms with van der Waals surface area (Å²) >= 11 is 5.63. The van der Waals surface area contributed by atoms with Gasteiger partial charge in [-0.2, -0.15) is 5.10 Å². The van der Waals surface area contributed by atoms with E-state index >= 15 is 0 Å². The second kappa shape index (κ2) is 5.98. The summed E-state index contributed by atoms with van der Waals surface area (Å²) in [5.41, 5.74) is 0.879. The molecule has 3 nitrogen and oxygen atoms in total. The third-order valence-corrected chi connectivity index (χ3v) is 2.97. The predicted molar refractivity (Wildman–Crippen MR) is 69.9 cm³/mol. The Kier molecular flexibility index (Phi) is 4.33. The Morgan fingerprint density at radius 2 is 2.33 bits per heavy atom. The molecule has 0 aliphatic heterocycles. The molecule has 1 atom stereocenters. The molecule has 1 unspecified atom stereocenters. The van der Waals surface area contributed by atoms with Crippen molar-refractivity contribution in [1.29, 1.82) is 0 Å². The van der Waals surface area contributed by atoms with Crippen LogP contribution in [0.3, 0.4) is 0 Å². The van der Waals surface area contributed by atoms with Gasteiger partial charge in [-0.15, -0.1) is 0 Å². The maximum Gasteiger partial charge on any atom is 0.142 e. The lowest BCUT2D eigenvalue weighted by Gasteiger charge is -2.14. The molecule has 0 amide bonds. The van der Waals surface area contributed by atoms with Crippen LogP contribution in [0.2, 0.25) is 5.02 Å². The zero-order chi connectivity index (χ0) is 13.0. The SMILES string of the molecule is CC(Cn1cccn1)NCc1ccc(Cl)c(F)c1. The second-order valence-electron chi connectivity index (χ2n) is 4.26. The molecule has 0 bridgehead atoms. The van der Waals surface area contributed by atoms with Gasteiger partial charge in [-0.3, -0.25) is 4.68 Å². The number of benzene rings is 1. The first kappa shape index (κ1) is 13.1. The van der Waals surface area contributed by atoms with Crippen LogP contribution in [0.5, 0.6) is 0 Å². The summed E-state index contributed by atoms with van der Waals surface area (Å²) in [4.78, 5) is 0. The average molecular weight is 268 g/mol. The van der Waals surface area contributed by atoms with Crippen LogP contribution in [-0.2, 0) is 13.1 Å². The minimum Gasteiger partial charge on any atom is -0.308 e. The summed E-state index contributed by atoms with van der Waals surface area (Å²) in [6.45, 7) is 3.45. The van der Waals surface area contributed by atoms with Crippen molar-refractivity contribution >= 4 is 11.6 Å². The van der Waals surface area contributed by atoms with Crippen molar-refractivity contribution in [3.63, 3.8) is 0 Å². The molecule has 2 rings (SSSR count). The fourth-order valence-corrected chi connectivity index (χ4v) is 1.81. The first-order chi connectivity index (χ1) is 8.65. The van der Waals surface area contributed by atoms with Gasteiger partial charge >= 0.3 is 0 Å². The molecule has 0 spiro atoms. The lowest BCUT2D eigenvalue weighted by atomic mass is 10.2. The van der Waals surface area contributed by atoms with Gasteiger partial charge in [-0.25, -0.2) is 4.39 Å². The van der Waals surface area contributed by atoms with Gasteiger partial charge in [0.2, 0.25) is 0 Å². The average Bonchev–Trinajstić information content (AvgIpc) is 2.83. The Balaban J connectivity index is 1.85. The molecule has 1 heterocycles. The molecule has 0 saturated heterocycles. The molecule has 5 heteroatoms. The highest BCUT2D eigenvalue weighted by molar-refractivity contribution is 6.30. The number of hydrogen-bond acceptors (Lipinski definition) is 2. The smallest absolute Gasteiger partial charge is 0.142 e. The van der Waals surface area contributed by atoms with Crippen LogP contribution in [0.4, 0.5) is 4.39 Å². The Morgan fingerprint density at radius 3 is 3.00 bits per heavy atom. The maximum absolute atomic E-state index is 13.2. The van der Waals surface area contributed by atoms with E-state index in [1.807, 2.05) is 23.0 Å². The van der Waals surface area contributed by atoms with Crippen LogP contribution in [0, 0.1) is 5.82 Å². The van der Waals surface area contributed by atoms with E-state index in [0.717, 1.165) is 12.1 Å². The molecule has 18 heavy (non-hydrogen) atoms. The molecule has 0 aliphatic carbocycles. The lowest BCUT2D eigenvalue weighted by Crippen LogP contribution is -2.30. The highest BCUT2D eigenvalue weighted by Crippen LogP contribution is 2.15. The van der Waals surface area contributed by atoms with Crippen molar-refractivity contribution in [2.24, 2.45) is 0 Å². The Labute approximate surface area is 111 Å². The van der Waals surface area contributed by atoms with Crippen LogP contribution in [0.1, 0.15) is 12.5 Å². The summed E-state index contributed by atoms with van der Waals surface area (Å²) in [6.07, 6.45) is 3.67. The second-order valence-corrected chi connectivity index (χ2v) is 4.67. The Bertz CT molecular complexity index is 499. The van der Waals surface area contributed by atoms with Gasteiger partial charge in [0.05, 0.1) is 11.6 Å². The van der Waals surface area contributed by atoms with E-state index < -0.39 is 0 Å². The monoisotopic (exact) mass is 267 g/mol. The molecule has 96 valence electrons. The Morgan fingerprint density at radius 1 is 1.50 bits per heavy atom. The highest BCUT2D eigenvalue weighted by Gasteiger charge is 2.05. The molecule has 2 aromatic rings. The quantitative estimate of drug-likeness (QED) is 0.903. The zero-order valence-electron chi connectivity index (χ0n) is 10.1. The fraction of sp³-hybridized carbons (Fsp3) is 0.308. The van der Waals surface area contributed by atoms with Crippen molar-refractivity contribution in [2.75, 3.05) is 0 Å². The van der Waals surface area contributed by atoms with Crippen LogP contribution in [0.25, 0.3) is 0 Å². The molecule has 0 radical (unpaired) electrons. The summed E-state index contributed by atoms with van der Waals surface area (Å²) in [5.74, 6) is -0.379. The van der Waals surface area contributed by atoms with Gasteiger partial charge in [0, 0.05) is 25.0 Å². The minimum absolute atomic E-state index is 0.156. The van der Waals surface area contributed by atoms with Crippen molar-refractivity contribution in [3.8, 4) is 0 Å². The number of nitrogens with one attached hydrogen (secondary N) is 1. The van der Waals surface area contributed by atoms with Gasteiger partial charge in [0.15, 0.2) is 0 Å². The standard InChI is InChI=1S/C13H15ClFN3/c1-10(9-18-6-2-5-17-18)16-8-11-3-4-12(14)13(15)7-11/h2-7,10,16H,8-9H2,1H3. The number of nitrogens with zero attached hydrogens (tertiary/aromatic N) is 2. The van der Waals surface area contributed by atoms with Gasteiger partial charge in [-0.1, -0.05) is 17.7 Å². The number of aromatic nitrogens is 2. The van der Waals surface area contributed by atoms with E-state index in [1.54, 1.807) is 12.3 Å². The molecule has 1 aromatic carbocycles. The first-order valence-electron chi connectivity index (χ1n) is 5.80. The van der Waals surface area contributed by atoms with Crippen LogP contribution < -0.4 is 5.32 Å². The van der Waals surface area contributed by atoms with Gasteiger partial charge < -0.3 is 5.32 Å². The predicted octanol–water partition coefficient (Wildman–Crippen LogP) is 2.85. The number of hydrogen-bond donors (Lipinski definition) is 1. The van der Waals surface area contributed by atoms with Crippen molar-refractivity contribution < 1.29 is 4.39 Å². The van der Waals surface area contributed by atoms with Gasteiger partial charge in [0.1, 0.15) is 5.82 Å². The van der Waals surface area contributed by atoms with E-state index in [-0.39, 0.29) is 16.9 Å². The Hall–Kier alpha value is -1.39. The van der Waals surface area contributed by atoms with Crippen LogP contribution in [0.15, 0.2) is 36.7 Å². The maximum atomic E-state index is 13.2. The van der Waals surface area contributed by atoms with Crippen molar-refractivity contribution in [1.82, 2.24) is 15.1 Å². The van der Waals surface area contributed by atoms with E-state index in [1.165, 1.54) is 6.07 Å². The summed E-state index contributed by atoms with van der Waals surface area (Å²) in [5, 5.41) is 7.61. The fourth-order valence-electron chi connectivity index (χ4n) is 1.70. The van der Waals surface area contributed by atoms with E-state index in [0.29, 0.717) is 6.54 Å². The third kappa shape index (κ3) is 3.55. The number of halogens is 2. The summed E-state index contributed by atoms with van der Waals surface area (Å²) < 4.78 is 15.1. The molecule has 0 aliphatic rings. The van der Waals surface area contributed by atoms with E-state index in [2.05, 4.69) is 17.3 Å². The van der Waals surface area contributed by atoms with Crippen molar-refractivity contribution in [2.45, 2.75) is 26.1 Å². The summed E-state index contributed by atoms with van der Waals surface area (Å²) in [6, 6.07) is 6.99. The molecule has 1 aromatic heterocycles. The minimum atomic E-state index is -0.379. The summed E-state index contributed by atoms with van der Waals surface area (Å²) in [7, 11) is 0. The van der Waals surface area contributed by atoms with E-state index in [9.17, 15) is 4.39 Å². The van der Waals surface area contributed by atoms with E-state index in [4.69, 9.17) is 11.6 Å². The molecular formula is C13H15ClFN3. The van der Waals surface area contributed by atoms with Gasteiger partial charge in [-0.05, 0) is 30.7 Å². The lowest BCUT2D eigenvalue weighted by molar-refractivity contribution is 0.450. The highest BCUT2D eigenvalue weighted by atomic mass is 35.5. The molecular weight excluding hydrogens is 253 g/mol. The molecule has 0 fully saturated rings. The largest absolute Gasteiger partial charge is 0.308 e. The zero-order valence-corrected chi connectivity index (χ0v) is 10.9. The third-order valence-electron chi connectivity index (χ3n) is 2.66. The topological polar surface area (TPSA) is 29.9 Å². The number of rotatable bonds is 5.